The van der Waals surface area contributed by atoms with Crippen LogP contribution in [-0.2, 0) is 29.9 Å². The van der Waals surface area contributed by atoms with Gasteiger partial charge in [0.05, 0.1) is 48.1 Å². The van der Waals surface area contributed by atoms with Crippen LogP contribution < -0.4 is 20.1 Å². The summed E-state index contributed by atoms with van der Waals surface area (Å²) in [5.74, 6) is -0.207. The molecule has 0 fully saturated rings. The maximum atomic E-state index is 13.3. The number of fused-ring (bicyclic) bond motifs is 1. The van der Waals surface area contributed by atoms with Gasteiger partial charge in [-0.1, -0.05) is 30.0 Å². The number of ether oxygens (including phenoxy) is 3. The molecular formula is C27H26N2O7S2. The highest BCUT2D eigenvalue weighted by atomic mass is 32.2. The third kappa shape index (κ3) is 6.12. The van der Waals surface area contributed by atoms with Crippen molar-refractivity contribution < 1.29 is 32.2 Å². The van der Waals surface area contributed by atoms with Gasteiger partial charge < -0.3 is 24.8 Å². The highest BCUT2D eigenvalue weighted by Gasteiger charge is 2.26. The van der Waals surface area contributed by atoms with Crippen molar-refractivity contribution in [3.63, 3.8) is 0 Å². The predicted octanol–water partition coefficient (Wildman–Crippen LogP) is 4.35. The monoisotopic (exact) mass is 554 g/mol. The molecule has 3 aromatic rings. The molecule has 0 saturated heterocycles. The molecule has 4 rings (SSSR count). The van der Waals surface area contributed by atoms with Crippen LogP contribution in [0.15, 0.2) is 75.4 Å². The van der Waals surface area contributed by atoms with E-state index in [0.717, 1.165) is 16.1 Å². The Bertz CT molecular complexity index is 1480. The lowest BCUT2D eigenvalue weighted by Crippen LogP contribution is -2.18. The molecule has 0 bridgehead atoms. The summed E-state index contributed by atoms with van der Waals surface area (Å²) in [6.45, 7) is 0.0517. The number of hydrogen-bond donors (Lipinski definition) is 2. The molecule has 9 nitrogen and oxygen atoms in total. The third-order valence-corrected chi connectivity index (χ3v) is 8.48. The van der Waals surface area contributed by atoms with E-state index in [1.165, 1.54) is 45.2 Å². The zero-order chi connectivity index (χ0) is 27.3. The molecule has 198 valence electrons. The Balaban J connectivity index is 1.52. The number of benzene rings is 3. The van der Waals surface area contributed by atoms with Gasteiger partial charge in [-0.3, -0.25) is 9.59 Å². The normalized spacial score (nSPS) is 13.9. The van der Waals surface area contributed by atoms with Crippen molar-refractivity contribution in [3.8, 4) is 11.5 Å². The Morgan fingerprint density at radius 3 is 2.32 bits per heavy atom. The van der Waals surface area contributed by atoms with Gasteiger partial charge in [0.25, 0.3) is 5.91 Å². The summed E-state index contributed by atoms with van der Waals surface area (Å²) in [5.41, 5.74) is 2.38. The summed E-state index contributed by atoms with van der Waals surface area (Å²) >= 11 is 1.25. The largest absolute Gasteiger partial charge is 0.496 e. The number of sulfone groups is 1. The minimum atomic E-state index is -3.78. The first-order valence-electron chi connectivity index (χ1n) is 11.4. The van der Waals surface area contributed by atoms with E-state index in [9.17, 15) is 18.0 Å². The quantitative estimate of drug-likeness (QED) is 0.294. The van der Waals surface area contributed by atoms with Gasteiger partial charge in [-0.15, -0.1) is 0 Å². The number of amides is 1. The molecule has 3 aromatic carbocycles. The molecule has 0 saturated carbocycles. The van der Waals surface area contributed by atoms with Crippen molar-refractivity contribution in [2.24, 2.45) is 0 Å². The molecule has 38 heavy (non-hydrogen) atoms. The molecule has 2 N–H and O–H groups in total. The molecule has 0 atom stereocenters. The number of carbonyl (C=O) groups excluding carboxylic acids is 2. The van der Waals surface area contributed by atoms with Crippen molar-refractivity contribution in [2.45, 2.75) is 15.5 Å². The van der Waals surface area contributed by atoms with Crippen LogP contribution in [0.1, 0.15) is 11.1 Å². The van der Waals surface area contributed by atoms with E-state index < -0.39 is 9.84 Å². The van der Waals surface area contributed by atoms with E-state index >= 15 is 0 Å². The number of esters is 1. The van der Waals surface area contributed by atoms with Crippen molar-refractivity contribution in [3.05, 3.63) is 76.7 Å². The number of nitrogens with one attached hydrogen (secondary N) is 2. The number of anilines is 2. The molecule has 0 aromatic heterocycles. The molecule has 0 radical (unpaired) electrons. The highest BCUT2D eigenvalue weighted by molar-refractivity contribution is 8.04. The first-order chi connectivity index (χ1) is 18.2. The lowest BCUT2D eigenvalue weighted by molar-refractivity contribution is -0.138. The van der Waals surface area contributed by atoms with Crippen molar-refractivity contribution >= 4 is 50.9 Å². The van der Waals surface area contributed by atoms with E-state index in [1.54, 1.807) is 42.5 Å². The second-order valence-electron chi connectivity index (χ2n) is 8.17. The second-order valence-corrected chi connectivity index (χ2v) is 11.2. The van der Waals surface area contributed by atoms with Crippen molar-refractivity contribution in [1.29, 1.82) is 0 Å². The lowest BCUT2D eigenvalue weighted by atomic mass is 10.2. The number of hydrogen-bond acceptors (Lipinski definition) is 9. The van der Waals surface area contributed by atoms with Gasteiger partial charge >= 0.3 is 5.97 Å². The van der Waals surface area contributed by atoms with E-state index in [4.69, 9.17) is 9.47 Å². The Hall–Kier alpha value is -3.96. The molecule has 11 heteroatoms. The number of rotatable bonds is 9. The van der Waals surface area contributed by atoms with Crippen LogP contribution in [0, 0.1) is 0 Å². The van der Waals surface area contributed by atoms with Crippen molar-refractivity contribution in [1.82, 2.24) is 0 Å². The zero-order valence-corrected chi connectivity index (χ0v) is 22.6. The fraction of sp³-hybridized carbons (Fsp3) is 0.185. The van der Waals surface area contributed by atoms with Gasteiger partial charge in [-0.25, -0.2) is 8.42 Å². The molecular weight excluding hydrogens is 528 g/mol. The van der Waals surface area contributed by atoms with Crippen LogP contribution in [0.5, 0.6) is 11.5 Å². The summed E-state index contributed by atoms with van der Waals surface area (Å²) < 4.78 is 41.8. The van der Waals surface area contributed by atoms with Gasteiger partial charge in [0.15, 0.2) is 9.84 Å². The van der Waals surface area contributed by atoms with Gasteiger partial charge in [0.1, 0.15) is 18.0 Å². The number of carbonyl (C=O) groups is 2. The standard InChI is InChI=1S/C27H26N2O7S2/c1-34-22-5-4-6-23(35-2)20(22)16-38(32,33)19-11-12-24-21(14-19)29-27(31)25(37-24)13-17-7-9-18(10-8-17)28-15-26(30)36-3/h4-14,28H,15-16H2,1-3H3,(H,29,31). The lowest BCUT2D eigenvalue weighted by Gasteiger charge is -2.20. The van der Waals surface area contributed by atoms with Gasteiger partial charge in [0, 0.05) is 10.6 Å². The smallest absolute Gasteiger partial charge is 0.325 e. The molecule has 1 aliphatic rings. The van der Waals surface area contributed by atoms with Gasteiger partial charge in [0.2, 0.25) is 0 Å². The average molecular weight is 555 g/mol. The summed E-state index contributed by atoms with van der Waals surface area (Å²) in [6.07, 6.45) is 1.74. The van der Waals surface area contributed by atoms with E-state index in [-0.39, 0.29) is 29.1 Å². The molecule has 0 spiro atoms. The van der Waals surface area contributed by atoms with Crippen LogP contribution >= 0.6 is 11.8 Å². The first kappa shape index (κ1) is 27.1. The topological polar surface area (TPSA) is 120 Å². The maximum absolute atomic E-state index is 13.3. The Labute approximate surface area is 225 Å². The van der Waals surface area contributed by atoms with Crippen LogP contribution in [-0.4, -0.2) is 48.2 Å². The van der Waals surface area contributed by atoms with Gasteiger partial charge in [-0.05, 0) is 54.1 Å². The fourth-order valence-electron chi connectivity index (χ4n) is 3.77. The molecule has 1 amide bonds. The average Bonchev–Trinajstić information content (AvgIpc) is 2.92. The minimum absolute atomic E-state index is 0.0517. The van der Waals surface area contributed by atoms with Crippen LogP contribution in [0.3, 0.4) is 0 Å². The minimum Gasteiger partial charge on any atom is -0.496 e. The molecule has 1 aliphatic heterocycles. The Morgan fingerprint density at radius 2 is 1.68 bits per heavy atom. The maximum Gasteiger partial charge on any atom is 0.325 e. The zero-order valence-electron chi connectivity index (χ0n) is 20.9. The predicted molar refractivity (Wildman–Crippen MR) is 146 cm³/mol. The second kappa shape index (κ2) is 11.6. The number of methoxy groups -OCH3 is 3. The fourth-order valence-corrected chi connectivity index (χ4v) is 6.11. The summed E-state index contributed by atoms with van der Waals surface area (Å²) in [6, 6.07) is 17.0. The molecule has 1 heterocycles. The Morgan fingerprint density at radius 1 is 1.00 bits per heavy atom. The highest BCUT2D eigenvalue weighted by Crippen LogP contribution is 2.41. The Kier molecular flexibility index (Phi) is 8.28. The van der Waals surface area contributed by atoms with Crippen LogP contribution in [0.25, 0.3) is 6.08 Å². The van der Waals surface area contributed by atoms with E-state index in [2.05, 4.69) is 15.4 Å². The SMILES string of the molecule is COC(=O)CNc1ccc(C=C2Sc3ccc(S(=O)(=O)Cc4c(OC)cccc4OC)cc3NC2=O)cc1. The first-order valence-corrected chi connectivity index (χ1v) is 13.9. The van der Waals surface area contributed by atoms with Gasteiger partial charge in [-0.2, -0.15) is 0 Å². The summed E-state index contributed by atoms with van der Waals surface area (Å²) in [5, 5.41) is 5.75. The van der Waals surface area contributed by atoms with E-state index in [1.807, 2.05) is 12.1 Å². The van der Waals surface area contributed by atoms with Crippen LogP contribution in [0.4, 0.5) is 11.4 Å². The summed E-state index contributed by atoms with van der Waals surface area (Å²) in [7, 11) is 0.486. The number of thioether (sulfide) groups is 1. The third-order valence-electron chi connectivity index (χ3n) is 5.74. The molecule has 0 aliphatic carbocycles. The van der Waals surface area contributed by atoms with Crippen molar-refractivity contribution in [2.75, 3.05) is 38.5 Å². The summed E-state index contributed by atoms with van der Waals surface area (Å²) in [4.78, 5) is 25.3. The van der Waals surface area contributed by atoms with Crippen LogP contribution in [0.2, 0.25) is 0 Å². The molecule has 0 unspecified atom stereocenters. The van der Waals surface area contributed by atoms with E-state index in [0.29, 0.717) is 27.7 Å².